The van der Waals surface area contributed by atoms with E-state index in [0.29, 0.717) is 24.2 Å². The van der Waals surface area contributed by atoms with Gasteiger partial charge in [-0.2, -0.15) is 0 Å². The van der Waals surface area contributed by atoms with Crippen molar-refractivity contribution in [2.75, 3.05) is 0 Å². The second-order valence-electron chi connectivity index (χ2n) is 19.0. The van der Waals surface area contributed by atoms with Gasteiger partial charge in [-0.3, -0.25) is 55.4 Å². The highest BCUT2D eigenvalue weighted by molar-refractivity contribution is 5.78. The normalized spacial score (nSPS) is 11.9. The van der Waals surface area contributed by atoms with Gasteiger partial charge in [0.15, 0.2) is 0 Å². The van der Waals surface area contributed by atoms with Gasteiger partial charge in [0, 0.05) is 47.0 Å². The molecule has 0 aliphatic carbocycles. The van der Waals surface area contributed by atoms with E-state index in [1.807, 2.05) is 45.0 Å². The Morgan fingerprint density at radius 1 is 0.423 bits per heavy atom. The molecule has 0 fully saturated rings. The molecule has 0 amide bonds. The molecule has 5 aromatic rings. The molecule has 71 heavy (non-hydrogen) atoms. The molecule has 0 aromatic heterocycles. The fourth-order valence-electron chi connectivity index (χ4n) is 7.37. The first-order valence-corrected chi connectivity index (χ1v) is 23.5. The summed E-state index contributed by atoms with van der Waals surface area (Å²) in [6, 6.07) is 32.4. The maximum atomic E-state index is 11.1. The maximum Gasteiger partial charge on any atom is 0.311 e. The van der Waals surface area contributed by atoms with Crippen molar-refractivity contribution < 1.29 is 34.5 Å². The molecule has 17 nitrogen and oxygen atoms in total. The van der Waals surface area contributed by atoms with Gasteiger partial charge in [0.2, 0.25) is 0 Å². The number of hydrogen-bond acceptors (Lipinski definition) is 11. The van der Waals surface area contributed by atoms with E-state index in [0.717, 1.165) is 23.5 Å². The minimum Gasteiger partial charge on any atom is -0.481 e. The number of nitro groups is 5. The third kappa shape index (κ3) is 20.2. The summed E-state index contributed by atoms with van der Waals surface area (Å²) in [6.45, 7) is 26.5. The van der Waals surface area contributed by atoms with Crippen molar-refractivity contribution >= 4 is 34.4 Å². The average Bonchev–Trinajstić information content (AvgIpc) is 3.29. The summed E-state index contributed by atoms with van der Waals surface area (Å²) in [5, 5.41) is 62.7. The van der Waals surface area contributed by atoms with Crippen LogP contribution in [0.2, 0.25) is 0 Å². The molecule has 5 aromatic carbocycles. The van der Waals surface area contributed by atoms with Crippen LogP contribution in [-0.2, 0) is 17.6 Å². The van der Waals surface area contributed by atoms with Gasteiger partial charge in [-0.1, -0.05) is 162 Å². The molecule has 3 atom stereocenters. The van der Waals surface area contributed by atoms with E-state index in [-0.39, 0.29) is 67.2 Å². The van der Waals surface area contributed by atoms with Gasteiger partial charge in [0.1, 0.15) is 5.56 Å². The number of aryl methyl sites for hydroxylation is 1. The lowest BCUT2D eigenvalue weighted by Crippen LogP contribution is -2.18. The zero-order chi connectivity index (χ0) is 54.3. The van der Waals surface area contributed by atoms with Gasteiger partial charge in [0.25, 0.3) is 28.4 Å². The molecular formula is C54H71N5O12. The Balaban J connectivity index is 0.000000446. The molecule has 1 N–H and O–H groups in total. The molecule has 0 spiro atoms. The molecule has 0 aliphatic heterocycles. The lowest BCUT2D eigenvalue weighted by Gasteiger charge is -2.17. The Kier molecular flexibility index (Phi) is 26.2. The fourth-order valence-corrected chi connectivity index (χ4v) is 7.37. The quantitative estimate of drug-likeness (QED) is 0.0715. The molecule has 0 saturated carbocycles. The lowest BCUT2D eigenvalue weighted by molar-refractivity contribution is -0.395. The van der Waals surface area contributed by atoms with Crippen LogP contribution in [0.15, 0.2) is 115 Å². The van der Waals surface area contributed by atoms with Gasteiger partial charge in [-0.15, -0.1) is 0 Å². The summed E-state index contributed by atoms with van der Waals surface area (Å²) in [4.78, 5) is 62.4. The van der Waals surface area contributed by atoms with Crippen LogP contribution >= 0.6 is 0 Å². The van der Waals surface area contributed by atoms with Crippen molar-refractivity contribution in [2.24, 2.45) is 29.6 Å². The molecule has 0 heterocycles. The Morgan fingerprint density at radius 3 is 1.14 bits per heavy atom. The predicted molar refractivity (Wildman–Crippen MR) is 279 cm³/mol. The van der Waals surface area contributed by atoms with Crippen LogP contribution in [0.25, 0.3) is 0 Å². The van der Waals surface area contributed by atoms with Crippen molar-refractivity contribution in [3.63, 3.8) is 0 Å². The van der Waals surface area contributed by atoms with Crippen molar-refractivity contribution in [1.29, 1.82) is 0 Å². The van der Waals surface area contributed by atoms with Crippen LogP contribution in [0.4, 0.5) is 28.4 Å². The summed E-state index contributed by atoms with van der Waals surface area (Å²) in [7, 11) is 0. The van der Waals surface area contributed by atoms with Crippen LogP contribution in [0.3, 0.4) is 0 Å². The number of aliphatic carboxylic acids is 1. The van der Waals surface area contributed by atoms with Crippen LogP contribution < -0.4 is 0 Å². The molecular weight excluding hydrogens is 911 g/mol. The van der Waals surface area contributed by atoms with E-state index in [2.05, 4.69) is 79.7 Å². The number of hydrogen-bond donors (Lipinski definition) is 1. The first kappa shape index (κ1) is 61.6. The zero-order valence-corrected chi connectivity index (χ0v) is 43.2. The highest BCUT2D eigenvalue weighted by Gasteiger charge is 2.30. The van der Waals surface area contributed by atoms with E-state index < -0.39 is 26.7 Å². The second-order valence-corrected chi connectivity index (χ2v) is 19.0. The highest BCUT2D eigenvalue weighted by Crippen LogP contribution is 2.34. The first-order chi connectivity index (χ1) is 33.1. The van der Waals surface area contributed by atoms with E-state index >= 15 is 0 Å². The predicted octanol–water partition coefficient (Wildman–Crippen LogP) is 15.0. The monoisotopic (exact) mass is 982 g/mol. The van der Waals surface area contributed by atoms with E-state index in [1.54, 1.807) is 44.2 Å². The Morgan fingerprint density at radius 2 is 0.761 bits per heavy atom. The molecule has 3 unspecified atom stereocenters. The Bertz CT molecular complexity index is 2510. The summed E-state index contributed by atoms with van der Waals surface area (Å²) in [5.74, 6) is 0.524. The van der Waals surface area contributed by atoms with Gasteiger partial charge in [-0.05, 0) is 78.4 Å². The van der Waals surface area contributed by atoms with Crippen LogP contribution in [-0.4, -0.2) is 35.7 Å². The summed E-state index contributed by atoms with van der Waals surface area (Å²) < 4.78 is 0. The third-order valence-electron chi connectivity index (χ3n) is 11.7. The minimum atomic E-state index is -1.04. The van der Waals surface area contributed by atoms with Crippen LogP contribution in [0.5, 0.6) is 0 Å². The maximum absolute atomic E-state index is 11.1. The summed E-state index contributed by atoms with van der Waals surface area (Å²) >= 11 is 0. The Hall–Kier alpha value is -7.43. The SMILES string of the molecule is CC(C)C(C(=O)O)c1ccccc1[N+](=O)[O-].CC(C)C(C)c1ccccc1[N+](=O)[O-].CC(C)Cc1c([N+](=O)[O-])cccc1[N+](=O)[O-].CC(C)Cc1ccccc1[N+](=O)[O-].Cc1ccccc1C(C)C(C)C. The average molecular weight is 982 g/mol. The summed E-state index contributed by atoms with van der Waals surface area (Å²) in [6.07, 6.45) is 1.09. The molecule has 384 valence electrons. The fraction of sp³-hybridized carbons (Fsp3) is 0.426. The Labute approximate surface area is 417 Å². The van der Waals surface area contributed by atoms with Gasteiger partial charge >= 0.3 is 5.97 Å². The van der Waals surface area contributed by atoms with Crippen molar-refractivity contribution in [3.8, 4) is 0 Å². The second kappa shape index (κ2) is 30.2. The molecule has 0 aliphatic rings. The van der Waals surface area contributed by atoms with Crippen molar-refractivity contribution in [2.45, 2.75) is 121 Å². The number of carboxylic acids is 1. The van der Waals surface area contributed by atoms with Gasteiger partial charge < -0.3 is 5.11 Å². The number of nitrogens with zero attached hydrogens (tertiary/aromatic N) is 5. The molecule has 0 bridgehead atoms. The van der Waals surface area contributed by atoms with Gasteiger partial charge in [-0.25, -0.2) is 0 Å². The number of rotatable bonds is 16. The number of carboxylic acid groups (broad SMARTS) is 1. The highest BCUT2D eigenvalue weighted by atomic mass is 16.6. The smallest absolute Gasteiger partial charge is 0.311 e. The lowest BCUT2D eigenvalue weighted by atomic mass is 9.87. The number of nitro benzene ring substituents is 5. The van der Waals surface area contributed by atoms with Crippen molar-refractivity contribution in [1.82, 2.24) is 0 Å². The largest absolute Gasteiger partial charge is 0.481 e. The molecule has 0 saturated heterocycles. The van der Waals surface area contributed by atoms with Crippen LogP contribution in [0, 0.1) is 87.1 Å². The van der Waals surface area contributed by atoms with E-state index in [9.17, 15) is 55.4 Å². The molecule has 17 heteroatoms. The number of benzene rings is 5. The first-order valence-electron chi connectivity index (χ1n) is 23.5. The molecule has 5 rings (SSSR count). The van der Waals surface area contributed by atoms with Crippen LogP contribution in [0.1, 0.15) is 134 Å². The van der Waals surface area contributed by atoms with E-state index in [4.69, 9.17) is 5.11 Å². The molecule has 0 radical (unpaired) electrons. The standard InChI is InChI=1S/C12H18.C11H13NO4.C11H15NO2.C10H12N2O4.C10H13NO2/c1-9(2)11(4)12-8-6-5-7-10(12)3;1-7(2)10(11(13)14)8-5-3-4-6-9(8)12(15)16;1-8(2)9(3)10-6-4-5-7-11(10)12(13)14;1-7(2)6-8-9(11(13)14)4-3-5-10(8)12(15)16;1-8(2)7-9-5-3-4-6-10(9)11(12)13/h5-9,11H,1-4H3;3-7,10H,1-2H3,(H,13,14);4-9H,1-3H3;3-5,7H,6H2,1-2H3;3-6,8H,7H2,1-2H3. The number of carbonyl (C=O) groups is 1. The summed E-state index contributed by atoms with van der Waals surface area (Å²) in [5.41, 5.74) is 4.99. The third-order valence-corrected chi connectivity index (χ3v) is 11.7. The number of para-hydroxylation sites is 3. The minimum absolute atomic E-state index is 0.125. The zero-order valence-electron chi connectivity index (χ0n) is 43.2. The van der Waals surface area contributed by atoms with Gasteiger partial charge in [0.05, 0.1) is 30.5 Å². The topological polar surface area (TPSA) is 253 Å². The van der Waals surface area contributed by atoms with Crippen molar-refractivity contribution in [3.05, 3.63) is 199 Å². The van der Waals surface area contributed by atoms with E-state index in [1.165, 1.54) is 47.5 Å².